The van der Waals surface area contributed by atoms with Gasteiger partial charge < -0.3 is 10.1 Å². The van der Waals surface area contributed by atoms with Crippen molar-refractivity contribution in [3.8, 4) is 5.75 Å². The monoisotopic (exact) mass is 215 g/mol. The normalized spacial score (nSPS) is 10.1. The Morgan fingerprint density at radius 2 is 2.06 bits per heavy atom. The maximum absolute atomic E-state index is 11.0. The van der Waals surface area contributed by atoms with Crippen LogP contribution in [-0.2, 0) is 4.79 Å². The Hall–Kier alpha value is -2.03. The van der Waals surface area contributed by atoms with Gasteiger partial charge in [-0.05, 0) is 29.7 Å². The summed E-state index contributed by atoms with van der Waals surface area (Å²) in [6, 6.07) is 11.6. The number of rotatable bonds is 2. The molecule has 0 fully saturated rings. The predicted octanol–water partition coefficient (Wildman–Crippen LogP) is 2.81. The zero-order valence-electron chi connectivity index (χ0n) is 9.28. The fourth-order valence-electron chi connectivity index (χ4n) is 1.69. The summed E-state index contributed by atoms with van der Waals surface area (Å²) in [4.78, 5) is 11.0. The topological polar surface area (TPSA) is 38.3 Å². The van der Waals surface area contributed by atoms with E-state index in [0.29, 0.717) is 0 Å². The molecule has 2 aromatic rings. The average Bonchev–Trinajstić information content (AvgIpc) is 2.28. The fourth-order valence-corrected chi connectivity index (χ4v) is 1.69. The van der Waals surface area contributed by atoms with E-state index >= 15 is 0 Å². The Bertz CT molecular complexity index is 534. The van der Waals surface area contributed by atoms with Crippen molar-refractivity contribution in [1.29, 1.82) is 0 Å². The van der Waals surface area contributed by atoms with Crippen LogP contribution in [0.15, 0.2) is 36.4 Å². The smallest absolute Gasteiger partial charge is 0.221 e. The Labute approximate surface area is 94.0 Å². The number of benzene rings is 2. The lowest BCUT2D eigenvalue weighted by molar-refractivity contribution is -0.114. The molecule has 0 heterocycles. The van der Waals surface area contributed by atoms with Crippen molar-refractivity contribution in [3.05, 3.63) is 36.4 Å². The molecule has 1 N–H and O–H groups in total. The molecular formula is C13H13NO2. The van der Waals surface area contributed by atoms with Crippen molar-refractivity contribution < 1.29 is 9.53 Å². The van der Waals surface area contributed by atoms with E-state index in [2.05, 4.69) is 5.32 Å². The number of nitrogens with one attached hydrogen (secondary N) is 1. The lowest BCUT2D eigenvalue weighted by Gasteiger charge is -2.08. The third-order valence-corrected chi connectivity index (χ3v) is 2.40. The molecule has 0 aliphatic rings. The maximum atomic E-state index is 11.0. The molecule has 0 saturated heterocycles. The van der Waals surface area contributed by atoms with Crippen LogP contribution in [0.25, 0.3) is 10.8 Å². The van der Waals surface area contributed by atoms with Gasteiger partial charge in [0.15, 0.2) is 0 Å². The second-order valence-corrected chi connectivity index (χ2v) is 3.57. The van der Waals surface area contributed by atoms with Gasteiger partial charge in [0, 0.05) is 18.0 Å². The van der Waals surface area contributed by atoms with E-state index in [1.54, 1.807) is 7.11 Å². The molecule has 3 nitrogen and oxygen atoms in total. The fraction of sp³-hybridized carbons (Fsp3) is 0.154. The van der Waals surface area contributed by atoms with Gasteiger partial charge in [0.25, 0.3) is 0 Å². The van der Waals surface area contributed by atoms with Crippen LogP contribution in [0.4, 0.5) is 5.69 Å². The molecule has 1 amide bonds. The molecule has 0 aliphatic carbocycles. The van der Waals surface area contributed by atoms with E-state index in [1.165, 1.54) is 6.92 Å². The quantitative estimate of drug-likeness (QED) is 0.836. The first-order chi connectivity index (χ1) is 7.70. The Morgan fingerprint density at radius 3 is 2.75 bits per heavy atom. The highest BCUT2D eigenvalue weighted by molar-refractivity contribution is 6.01. The minimum Gasteiger partial charge on any atom is -0.497 e. The van der Waals surface area contributed by atoms with Gasteiger partial charge in [-0.15, -0.1) is 0 Å². The molecule has 82 valence electrons. The minimum atomic E-state index is -0.0664. The van der Waals surface area contributed by atoms with Gasteiger partial charge in [-0.2, -0.15) is 0 Å². The number of methoxy groups -OCH3 is 1. The molecule has 3 heteroatoms. The van der Waals surface area contributed by atoms with Gasteiger partial charge in [-0.1, -0.05) is 12.1 Å². The molecule has 2 aromatic carbocycles. The summed E-state index contributed by atoms with van der Waals surface area (Å²) in [5.74, 6) is 0.746. The van der Waals surface area contributed by atoms with Crippen LogP contribution < -0.4 is 10.1 Å². The Morgan fingerprint density at radius 1 is 1.25 bits per heavy atom. The van der Waals surface area contributed by atoms with E-state index < -0.39 is 0 Å². The first-order valence-corrected chi connectivity index (χ1v) is 5.05. The van der Waals surface area contributed by atoms with Gasteiger partial charge in [-0.3, -0.25) is 4.79 Å². The molecule has 0 atom stereocenters. The molecule has 0 radical (unpaired) electrons. The van der Waals surface area contributed by atoms with Crippen LogP contribution in [0.2, 0.25) is 0 Å². The van der Waals surface area contributed by atoms with E-state index in [9.17, 15) is 4.79 Å². The summed E-state index contributed by atoms with van der Waals surface area (Å²) in [6.07, 6.45) is 0. The number of hydrogen-bond donors (Lipinski definition) is 1. The first kappa shape index (κ1) is 10.5. The molecule has 2 rings (SSSR count). The number of hydrogen-bond acceptors (Lipinski definition) is 2. The number of carbonyl (C=O) groups excluding carboxylic acids is 1. The summed E-state index contributed by atoms with van der Waals surface area (Å²) >= 11 is 0. The van der Waals surface area contributed by atoms with Crippen molar-refractivity contribution in [2.75, 3.05) is 12.4 Å². The number of amides is 1. The van der Waals surface area contributed by atoms with Gasteiger partial charge >= 0.3 is 0 Å². The van der Waals surface area contributed by atoms with Gasteiger partial charge in [-0.25, -0.2) is 0 Å². The van der Waals surface area contributed by atoms with Crippen molar-refractivity contribution in [3.63, 3.8) is 0 Å². The van der Waals surface area contributed by atoms with Crippen LogP contribution in [0.1, 0.15) is 6.92 Å². The van der Waals surface area contributed by atoms with E-state index in [0.717, 1.165) is 22.2 Å². The maximum Gasteiger partial charge on any atom is 0.221 e. The molecule has 0 spiro atoms. The zero-order chi connectivity index (χ0) is 11.5. The highest BCUT2D eigenvalue weighted by atomic mass is 16.5. The van der Waals surface area contributed by atoms with Crippen molar-refractivity contribution in [1.82, 2.24) is 0 Å². The van der Waals surface area contributed by atoms with Crippen molar-refractivity contribution in [2.24, 2.45) is 0 Å². The van der Waals surface area contributed by atoms with E-state index in [4.69, 9.17) is 4.74 Å². The van der Waals surface area contributed by atoms with Gasteiger partial charge in [0.2, 0.25) is 5.91 Å². The largest absolute Gasteiger partial charge is 0.497 e. The molecule has 0 aromatic heterocycles. The molecule has 0 unspecified atom stereocenters. The Kier molecular flexibility index (Phi) is 2.77. The van der Waals surface area contributed by atoms with Crippen LogP contribution >= 0.6 is 0 Å². The number of ether oxygens (including phenoxy) is 1. The minimum absolute atomic E-state index is 0.0664. The van der Waals surface area contributed by atoms with E-state index in [-0.39, 0.29) is 5.91 Å². The second-order valence-electron chi connectivity index (χ2n) is 3.57. The molecule has 16 heavy (non-hydrogen) atoms. The summed E-state index contributed by atoms with van der Waals surface area (Å²) in [6.45, 7) is 1.50. The lowest BCUT2D eigenvalue weighted by Crippen LogP contribution is -2.05. The second kappa shape index (κ2) is 4.23. The SMILES string of the molecule is COc1ccc2c(NC(C)=O)cccc2c1. The van der Waals surface area contributed by atoms with Crippen molar-refractivity contribution in [2.45, 2.75) is 6.92 Å². The van der Waals surface area contributed by atoms with Crippen LogP contribution in [-0.4, -0.2) is 13.0 Å². The van der Waals surface area contributed by atoms with Crippen molar-refractivity contribution >= 4 is 22.4 Å². The number of carbonyl (C=O) groups is 1. The highest BCUT2D eigenvalue weighted by Gasteiger charge is 2.02. The molecule has 0 aliphatic heterocycles. The summed E-state index contributed by atoms with van der Waals surface area (Å²) < 4.78 is 5.16. The van der Waals surface area contributed by atoms with Crippen LogP contribution in [0.3, 0.4) is 0 Å². The number of anilines is 1. The average molecular weight is 215 g/mol. The third-order valence-electron chi connectivity index (χ3n) is 2.40. The first-order valence-electron chi connectivity index (χ1n) is 5.05. The van der Waals surface area contributed by atoms with Gasteiger partial charge in [0.1, 0.15) is 5.75 Å². The van der Waals surface area contributed by atoms with Crippen LogP contribution in [0.5, 0.6) is 5.75 Å². The summed E-state index contributed by atoms with van der Waals surface area (Å²) in [5.41, 5.74) is 0.827. The molecule has 0 saturated carbocycles. The van der Waals surface area contributed by atoms with Gasteiger partial charge in [0.05, 0.1) is 7.11 Å². The number of fused-ring (bicyclic) bond motifs is 1. The lowest BCUT2D eigenvalue weighted by atomic mass is 10.1. The van der Waals surface area contributed by atoms with Crippen LogP contribution in [0, 0.1) is 0 Å². The predicted molar refractivity (Wildman–Crippen MR) is 64.8 cm³/mol. The third kappa shape index (κ3) is 1.98. The summed E-state index contributed by atoms with van der Waals surface area (Å²) in [5, 5.41) is 4.86. The van der Waals surface area contributed by atoms with E-state index in [1.807, 2.05) is 36.4 Å². The highest BCUT2D eigenvalue weighted by Crippen LogP contribution is 2.26. The zero-order valence-corrected chi connectivity index (χ0v) is 9.28. The molecular weight excluding hydrogens is 202 g/mol. The molecule has 0 bridgehead atoms. The summed E-state index contributed by atoms with van der Waals surface area (Å²) in [7, 11) is 1.64. The standard InChI is InChI=1S/C13H13NO2/c1-9(15)14-13-5-3-4-10-8-11(16-2)6-7-12(10)13/h3-8H,1-2H3,(H,14,15). The Balaban J connectivity index is 2.55.